The van der Waals surface area contributed by atoms with Gasteiger partial charge in [0.2, 0.25) is 11.8 Å². The summed E-state index contributed by atoms with van der Waals surface area (Å²) < 4.78 is 32.7. The van der Waals surface area contributed by atoms with Crippen LogP contribution in [0.5, 0.6) is 0 Å². The maximum absolute atomic E-state index is 13.2. The normalized spacial score (nSPS) is 17.0. The number of aromatic nitrogens is 2. The molecule has 0 radical (unpaired) electrons. The Morgan fingerprint density at radius 3 is 2.41 bits per heavy atom. The van der Waals surface area contributed by atoms with Crippen molar-refractivity contribution in [3.63, 3.8) is 0 Å². The number of carbonyl (C=O) groups excluding carboxylic acids is 2. The number of aryl methyl sites for hydroxylation is 2. The van der Waals surface area contributed by atoms with E-state index in [9.17, 15) is 22.8 Å². The third-order valence-electron chi connectivity index (χ3n) is 5.47. The number of nitrogens with zero attached hydrogens (tertiary/aromatic N) is 2. The van der Waals surface area contributed by atoms with Crippen molar-refractivity contribution in [3.05, 3.63) is 64.6 Å². The number of benzene rings is 2. The molecule has 32 heavy (non-hydrogen) atoms. The van der Waals surface area contributed by atoms with E-state index in [0.29, 0.717) is 11.0 Å². The van der Waals surface area contributed by atoms with Crippen molar-refractivity contribution in [1.29, 1.82) is 0 Å². The van der Waals surface area contributed by atoms with Gasteiger partial charge in [-0.15, -0.1) is 0 Å². The van der Waals surface area contributed by atoms with Crippen LogP contribution in [0.25, 0.3) is 11.0 Å². The predicted molar refractivity (Wildman–Crippen MR) is 117 cm³/mol. The third-order valence-corrected chi connectivity index (χ3v) is 6.79. The topological polar surface area (TPSA) is 116 Å². The smallest absolute Gasteiger partial charge is 0.295 e. The van der Waals surface area contributed by atoms with Gasteiger partial charge >= 0.3 is 5.69 Å². The highest BCUT2D eigenvalue weighted by Crippen LogP contribution is 2.23. The van der Waals surface area contributed by atoms with Crippen LogP contribution in [0.15, 0.2) is 58.2 Å². The van der Waals surface area contributed by atoms with Crippen LogP contribution in [-0.4, -0.2) is 36.0 Å². The minimum absolute atomic E-state index is 0.0785. The summed E-state index contributed by atoms with van der Waals surface area (Å²) in [6, 6.07) is 12.7. The summed E-state index contributed by atoms with van der Waals surface area (Å²) in [5.74, 6) is -0.853. The largest absolute Gasteiger partial charge is 0.329 e. The van der Waals surface area contributed by atoms with E-state index in [0.717, 1.165) is 5.56 Å². The van der Waals surface area contributed by atoms with Gasteiger partial charge in [0.25, 0.3) is 10.1 Å². The minimum atomic E-state index is -3.89. The zero-order valence-electron chi connectivity index (χ0n) is 17.5. The summed E-state index contributed by atoms with van der Waals surface area (Å²) in [4.78, 5) is 37.1. The molecule has 2 amide bonds. The highest BCUT2D eigenvalue weighted by Gasteiger charge is 2.31. The third kappa shape index (κ3) is 4.23. The molecule has 3 aromatic rings. The van der Waals surface area contributed by atoms with E-state index in [2.05, 4.69) is 5.32 Å². The molecule has 0 spiro atoms. The van der Waals surface area contributed by atoms with E-state index < -0.39 is 22.1 Å². The standard InChI is InChI=1S/C22H23N3O6S/c1-15-7-9-16(10-8-15)32(29,30)31-14-4-13-24-17-5-2-3-6-18(17)25(22(24)28)19-11-12-20(26)23-21(19)27/h2-3,5-10,19H,4,11-14H2,1H3,(H,23,26,27). The molecule has 168 valence electrons. The van der Waals surface area contributed by atoms with Crippen LogP contribution in [0.4, 0.5) is 0 Å². The SMILES string of the molecule is Cc1ccc(S(=O)(=O)OCCCn2c(=O)n(C3CCC(=O)NC3=O)c3ccccc32)cc1. The molecule has 0 aliphatic carbocycles. The molecule has 1 N–H and O–H groups in total. The molecule has 10 heteroatoms. The van der Waals surface area contributed by atoms with Crippen LogP contribution in [0, 0.1) is 6.92 Å². The molecule has 4 rings (SSSR count). The van der Waals surface area contributed by atoms with Crippen LogP contribution >= 0.6 is 0 Å². The fraction of sp³-hybridized carbons (Fsp3) is 0.318. The summed E-state index contributed by atoms with van der Waals surface area (Å²) in [6.07, 6.45) is 0.678. The second-order valence-corrected chi connectivity index (χ2v) is 9.32. The van der Waals surface area contributed by atoms with Crippen molar-refractivity contribution >= 4 is 33.0 Å². The number of fused-ring (bicyclic) bond motifs is 1. The van der Waals surface area contributed by atoms with Gasteiger partial charge in [-0.2, -0.15) is 8.42 Å². The fourth-order valence-corrected chi connectivity index (χ4v) is 4.79. The molecule has 1 saturated heterocycles. The molecule has 2 aromatic carbocycles. The summed E-state index contributed by atoms with van der Waals surface area (Å²) in [5.41, 5.74) is 1.77. The lowest BCUT2D eigenvalue weighted by Crippen LogP contribution is -2.44. The van der Waals surface area contributed by atoms with Gasteiger partial charge in [0.1, 0.15) is 6.04 Å². The predicted octanol–water partition coefficient (Wildman–Crippen LogP) is 1.88. The van der Waals surface area contributed by atoms with Gasteiger partial charge in [-0.1, -0.05) is 29.8 Å². The second-order valence-electron chi connectivity index (χ2n) is 7.70. The number of nitrogens with one attached hydrogen (secondary N) is 1. The number of amides is 2. The van der Waals surface area contributed by atoms with Gasteiger partial charge < -0.3 is 0 Å². The van der Waals surface area contributed by atoms with Gasteiger partial charge in [-0.25, -0.2) is 4.79 Å². The van der Waals surface area contributed by atoms with E-state index >= 15 is 0 Å². The van der Waals surface area contributed by atoms with Crippen LogP contribution < -0.4 is 11.0 Å². The average Bonchev–Trinajstić information content (AvgIpc) is 3.03. The first kappa shape index (κ1) is 22.0. The van der Waals surface area contributed by atoms with E-state index in [1.807, 2.05) is 6.92 Å². The number of hydrogen-bond donors (Lipinski definition) is 1. The zero-order valence-corrected chi connectivity index (χ0v) is 18.3. The van der Waals surface area contributed by atoms with Crippen LogP contribution in [0.1, 0.15) is 30.9 Å². The molecule has 0 saturated carbocycles. The molecular formula is C22H23N3O6S. The molecule has 1 aliphatic rings. The highest BCUT2D eigenvalue weighted by molar-refractivity contribution is 7.86. The second kappa shape index (κ2) is 8.71. The molecule has 1 aliphatic heterocycles. The Bertz CT molecular complexity index is 1340. The number of carbonyl (C=O) groups is 2. The van der Waals surface area contributed by atoms with E-state index in [1.54, 1.807) is 36.4 Å². The van der Waals surface area contributed by atoms with Gasteiger partial charge in [-0.3, -0.25) is 28.2 Å². The molecule has 9 nitrogen and oxygen atoms in total. The first-order valence-corrected chi connectivity index (χ1v) is 11.7. The molecular weight excluding hydrogens is 434 g/mol. The number of piperidine rings is 1. The molecule has 1 unspecified atom stereocenters. The van der Waals surface area contributed by atoms with Gasteiger partial charge in [0, 0.05) is 13.0 Å². The summed E-state index contributed by atoms with van der Waals surface area (Å²) in [6.45, 7) is 1.98. The fourth-order valence-electron chi connectivity index (χ4n) is 3.84. The number of rotatable bonds is 7. The van der Waals surface area contributed by atoms with Crippen molar-refractivity contribution in [3.8, 4) is 0 Å². The Kier molecular flexibility index (Phi) is 5.98. The highest BCUT2D eigenvalue weighted by atomic mass is 32.2. The molecule has 1 aromatic heterocycles. The van der Waals surface area contributed by atoms with Crippen LogP contribution in [0.3, 0.4) is 0 Å². The monoisotopic (exact) mass is 457 g/mol. The van der Waals surface area contributed by atoms with Crippen molar-refractivity contribution in [2.45, 2.75) is 43.7 Å². The van der Waals surface area contributed by atoms with Crippen LogP contribution in [-0.2, 0) is 30.4 Å². The Balaban J connectivity index is 1.52. The van der Waals surface area contributed by atoms with Gasteiger partial charge in [0.15, 0.2) is 0 Å². The van der Waals surface area contributed by atoms with Crippen molar-refractivity contribution in [2.75, 3.05) is 6.61 Å². The number of hydrogen-bond acceptors (Lipinski definition) is 6. The lowest BCUT2D eigenvalue weighted by Gasteiger charge is -2.21. The maximum atomic E-state index is 13.2. The average molecular weight is 458 g/mol. The Morgan fingerprint density at radius 1 is 1.03 bits per heavy atom. The Hall–Kier alpha value is -3.24. The molecule has 0 bridgehead atoms. The van der Waals surface area contributed by atoms with Crippen molar-refractivity contribution < 1.29 is 22.2 Å². The van der Waals surface area contributed by atoms with Crippen molar-refractivity contribution in [1.82, 2.24) is 14.5 Å². The molecule has 1 fully saturated rings. The zero-order chi connectivity index (χ0) is 22.9. The first-order chi connectivity index (χ1) is 15.3. The Labute approximate surface area is 184 Å². The van der Waals surface area contributed by atoms with Gasteiger partial charge in [0.05, 0.1) is 22.5 Å². The number of imide groups is 1. The first-order valence-electron chi connectivity index (χ1n) is 10.3. The van der Waals surface area contributed by atoms with E-state index in [-0.39, 0.29) is 48.9 Å². The molecule has 2 heterocycles. The summed E-state index contributed by atoms with van der Waals surface area (Å²) >= 11 is 0. The Morgan fingerprint density at radius 2 is 1.72 bits per heavy atom. The quantitative estimate of drug-likeness (QED) is 0.329. The lowest BCUT2D eigenvalue weighted by atomic mass is 10.1. The number of imidazole rings is 1. The molecule has 1 atom stereocenters. The van der Waals surface area contributed by atoms with Gasteiger partial charge in [-0.05, 0) is 44.0 Å². The van der Waals surface area contributed by atoms with E-state index in [1.165, 1.54) is 21.3 Å². The lowest BCUT2D eigenvalue weighted by molar-refractivity contribution is -0.135. The number of para-hydroxylation sites is 2. The van der Waals surface area contributed by atoms with E-state index in [4.69, 9.17) is 4.18 Å². The minimum Gasteiger partial charge on any atom is -0.295 e. The van der Waals surface area contributed by atoms with Crippen molar-refractivity contribution in [2.24, 2.45) is 0 Å². The maximum Gasteiger partial charge on any atom is 0.329 e. The summed E-state index contributed by atoms with van der Waals surface area (Å²) in [7, 11) is -3.89. The van der Waals surface area contributed by atoms with Crippen LogP contribution in [0.2, 0.25) is 0 Å². The summed E-state index contributed by atoms with van der Waals surface area (Å²) in [5, 5.41) is 2.28.